The molecule has 3 rings (SSSR count). The molecule has 0 aliphatic carbocycles. The highest BCUT2D eigenvalue weighted by Gasteiger charge is 2.30. The van der Waals surface area contributed by atoms with E-state index in [2.05, 4.69) is 4.90 Å². The van der Waals surface area contributed by atoms with E-state index < -0.39 is 10.0 Å². The Morgan fingerprint density at radius 3 is 2.38 bits per heavy atom. The van der Waals surface area contributed by atoms with E-state index >= 15 is 0 Å². The van der Waals surface area contributed by atoms with Crippen molar-refractivity contribution in [3.8, 4) is 0 Å². The summed E-state index contributed by atoms with van der Waals surface area (Å²) in [5.74, 6) is -0.253. The second kappa shape index (κ2) is 7.64. The Bertz CT molecular complexity index is 910. The van der Waals surface area contributed by atoms with Crippen LogP contribution in [0.15, 0.2) is 41.3 Å². The monoisotopic (exact) mass is 396 g/mol. The second-order valence-electron chi connectivity index (χ2n) is 6.68. The van der Waals surface area contributed by atoms with Crippen molar-refractivity contribution in [1.29, 1.82) is 0 Å². The van der Waals surface area contributed by atoms with E-state index in [0.717, 1.165) is 11.1 Å². The van der Waals surface area contributed by atoms with Crippen LogP contribution in [-0.2, 0) is 16.6 Å². The zero-order chi connectivity index (χ0) is 18.9. The third-order valence-corrected chi connectivity index (χ3v) is 7.15. The van der Waals surface area contributed by atoms with Gasteiger partial charge >= 0.3 is 0 Å². The lowest BCUT2D eigenvalue weighted by Crippen LogP contribution is -2.48. The van der Waals surface area contributed by atoms with Crippen molar-refractivity contribution in [3.63, 3.8) is 0 Å². The van der Waals surface area contributed by atoms with Crippen LogP contribution in [-0.4, -0.2) is 43.8 Å². The van der Waals surface area contributed by atoms with Crippen LogP contribution in [0.4, 0.5) is 4.39 Å². The molecule has 1 fully saturated rings. The molecule has 0 amide bonds. The summed E-state index contributed by atoms with van der Waals surface area (Å²) in [5, 5.41) is 0.571. The van der Waals surface area contributed by atoms with E-state index in [1.54, 1.807) is 32.0 Å². The molecule has 0 atom stereocenters. The Morgan fingerprint density at radius 2 is 1.73 bits per heavy atom. The van der Waals surface area contributed by atoms with Gasteiger partial charge in [0.25, 0.3) is 0 Å². The second-order valence-corrected chi connectivity index (χ2v) is 8.99. The molecule has 1 aliphatic rings. The van der Waals surface area contributed by atoms with Crippen LogP contribution in [0.2, 0.25) is 5.02 Å². The molecule has 2 aromatic carbocycles. The molecular formula is C19H22ClFN2O2S. The fourth-order valence-corrected chi connectivity index (χ4v) is 5.12. The molecule has 4 nitrogen and oxygen atoms in total. The van der Waals surface area contributed by atoms with Crippen molar-refractivity contribution in [3.05, 3.63) is 63.9 Å². The third kappa shape index (κ3) is 4.09. The maximum atomic E-state index is 13.3. The van der Waals surface area contributed by atoms with Crippen LogP contribution in [0.25, 0.3) is 0 Å². The van der Waals surface area contributed by atoms with Crippen LogP contribution in [0, 0.1) is 19.7 Å². The molecule has 0 spiro atoms. The van der Waals surface area contributed by atoms with Crippen LogP contribution in [0.5, 0.6) is 0 Å². The number of hydrogen-bond acceptors (Lipinski definition) is 3. The van der Waals surface area contributed by atoms with Gasteiger partial charge in [-0.3, -0.25) is 4.90 Å². The Labute approximate surface area is 159 Å². The van der Waals surface area contributed by atoms with Crippen LogP contribution in [0.1, 0.15) is 16.7 Å². The summed E-state index contributed by atoms with van der Waals surface area (Å²) in [6.45, 7) is 6.24. The summed E-state index contributed by atoms with van der Waals surface area (Å²) < 4.78 is 40.8. The van der Waals surface area contributed by atoms with E-state index in [1.165, 1.54) is 16.4 Å². The molecular weight excluding hydrogens is 375 g/mol. The van der Waals surface area contributed by atoms with E-state index in [-0.39, 0.29) is 5.82 Å². The van der Waals surface area contributed by atoms with Crippen molar-refractivity contribution in [2.75, 3.05) is 26.2 Å². The van der Waals surface area contributed by atoms with Gasteiger partial charge in [-0.2, -0.15) is 4.31 Å². The number of halogens is 2. The van der Waals surface area contributed by atoms with E-state index in [9.17, 15) is 12.8 Å². The number of rotatable bonds is 4. The fraction of sp³-hybridized carbons (Fsp3) is 0.368. The molecule has 0 unspecified atom stereocenters. The van der Waals surface area contributed by atoms with Crippen molar-refractivity contribution >= 4 is 21.6 Å². The van der Waals surface area contributed by atoms with Gasteiger partial charge < -0.3 is 0 Å². The van der Waals surface area contributed by atoms with Crippen LogP contribution >= 0.6 is 11.6 Å². The average Bonchev–Trinajstić information content (AvgIpc) is 2.58. The molecule has 0 N–H and O–H groups in total. The van der Waals surface area contributed by atoms with Crippen molar-refractivity contribution < 1.29 is 12.8 Å². The Kier molecular flexibility index (Phi) is 5.67. The highest BCUT2D eigenvalue weighted by atomic mass is 35.5. The third-order valence-electron chi connectivity index (χ3n) is 4.70. The first-order valence-corrected chi connectivity index (χ1v) is 10.3. The molecule has 0 aromatic heterocycles. The highest BCUT2D eigenvalue weighted by molar-refractivity contribution is 7.89. The zero-order valence-electron chi connectivity index (χ0n) is 14.9. The minimum Gasteiger partial charge on any atom is -0.296 e. The number of hydrogen-bond donors (Lipinski definition) is 0. The lowest BCUT2D eigenvalue weighted by atomic mass is 10.2. The fourth-order valence-electron chi connectivity index (χ4n) is 3.19. The molecule has 0 radical (unpaired) electrons. The predicted octanol–water partition coefficient (Wildman–Crippen LogP) is 3.60. The molecule has 0 bridgehead atoms. The summed E-state index contributed by atoms with van der Waals surface area (Å²) >= 11 is 6.09. The lowest BCUT2D eigenvalue weighted by molar-refractivity contribution is 0.181. The van der Waals surface area contributed by atoms with Crippen molar-refractivity contribution in [1.82, 2.24) is 9.21 Å². The summed E-state index contributed by atoms with van der Waals surface area (Å²) in [7, 11) is -3.55. The van der Waals surface area contributed by atoms with Crippen molar-refractivity contribution in [2.45, 2.75) is 25.3 Å². The number of nitrogens with zero attached hydrogens (tertiary/aromatic N) is 2. The smallest absolute Gasteiger partial charge is 0.243 e. The topological polar surface area (TPSA) is 40.6 Å². The SMILES string of the molecule is Cc1cc(S(=O)(=O)N2CCN(Cc3cccc(F)c3)CC2)c(C)cc1Cl. The standard InChI is InChI=1S/C19H22ClFN2O2S/c1-14-11-19(15(2)10-18(14)20)26(24,25)23-8-6-22(7-9-23)13-16-4-3-5-17(21)12-16/h3-5,10-12H,6-9,13H2,1-2H3. The van der Waals surface area contributed by atoms with Crippen molar-refractivity contribution in [2.24, 2.45) is 0 Å². The largest absolute Gasteiger partial charge is 0.296 e. The van der Waals surface area contributed by atoms with Gasteiger partial charge in [0.2, 0.25) is 10.0 Å². The summed E-state index contributed by atoms with van der Waals surface area (Å²) in [4.78, 5) is 2.46. The minimum atomic E-state index is -3.55. The maximum absolute atomic E-state index is 13.3. The number of aryl methyl sites for hydroxylation is 2. The van der Waals surface area contributed by atoms with Gasteiger partial charge in [0.05, 0.1) is 4.90 Å². The predicted molar refractivity (Wildman–Crippen MR) is 101 cm³/mol. The summed E-state index contributed by atoms with van der Waals surface area (Å²) in [6.07, 6.45) is 0. The van der Waals surface area contributed by atoms with E-state index in [0.29, 0.717) is 48.2 Å². The molecule has 7 heteroatoms. The highest BCUT2D eigenvalue weighted by Crippen LogP contribution is 2.27. The first-order chi connectivity index (χ1) is 12.3. The van der Waals surface area contributed by atoms with Gasteiger partial charge in [0, 0.05) is 37.7 Å². The number of piperazine rings is 1. The Balaban J connectivity index is 1.70. The van der Waals surface area contributed by atoms with Gasteiger partial charge in [-0.1, -0.05) is 23.7 Å². The van der Waals surface area contributed by atoms with Gasteiger partial charge in [0.15, 0.2) is 0 Å². The molecule has 140 valence electrons. The molecule has 0 saturated carbocycles. The summed E-state index contributed by atoms with van der Waals surface area (Å²) in [5.41, 5.74) is 2.30. The molecule has 26 heavy (non-hydrogen) atoms. The first kappa shape index (κ1) is 19.3. The van der Waals surface area contributed by atoms with Gasteiger partial charge in [0.1, 0.15) is 5.82 Å². The quantitative estimate of drug-likeness (QED) is 0.792. The number of sulfonamides is 1. The van der Waals surface area contributed by atoms with Gasteiger partial charge in [-0.25, -0.2) is 12.8 Å². The lowest BCUT2D eigenvalue weighted by Gasteiger charge is -2.34. The molecule has 1 saturated heterocycles. The average molecular weight is 397 g/mol. The van der Waals surface area contributed by atoms with Gasteiger partial charge in [-0.15, -0.1) is 0 Å². The Hall–Kier alpha value is -1.47. The van der Waals surface area contributed by atoms with E-state index in [4.69, 9.17) is 11.6 Å². The van der Waals surface area contributed by atoms with E-state index in [1.807, 2.05) is 6.07 Å². The Morgan fingerprint density at radius 1 is 1.04 bits per heavy atom. The molecule has 2 aromatic rings. The molecule has 1 aliphatic heterocycles. The minimum absolute atomic E-state index is 0.253. The first-order valence-electron chi connectivity index (χ1n) is 8.51. The zero-order valence-corrected chi connectivity index (χ0v) is 16.4. The molecule has 1 heterocycles. The van der Waals surface area contributed by atoms with Gasteiger partial charge in [-0.05, 0) is 54.8 Å². The van der Waals surface area contributed by atoms with Crippen LogP contribution < -0.4 is 0 Å². The maximum Gasteiger partial charge on any atom is 0.243 e. The normalized spacial score (nSPS) is 16.8. The number of benzene rings is 2. The van der Waals surface area contributed by atoms with Crippen LogP contribution in [0.3, 0.4) is 0 Å². The summed E-state index contributed by atoms with van der Waals surface area (Å²) in [6, 6.07) is 9.85.